The normalized spacial score (nSPS) is 10.7. The number of anilines is 1. The standard InChI is InChI=1S/C15H25ClN2O/c1-4-9-18(5-2)15-7-6-14(16)11-13(15)12-17-8-10-19-3/h6-7,11,17H,4-5,8-10,12H2,1-3H3. The third kappa shape index (κ3) is 5.39. The Bertz CT molecular complexity index is 371. The Balaban J connectivity index is 2.78. The molecule has 108 valence electrons. The van der Waals surface area contributed by atoms with Crippen LogP contribution in [-0.2, 0) is 11.3 Å². The predicted molar refractivity (Wildman–Crippen MR) is 83.2 cm³/mol. The van der Waals surface area contributed by atoms with E-state index in [2.05, 4.69) is 36.2 Å². The molecule has 0 saturated heterocycles. The van der Waals surface area contributed by atoms with Crippen LogP contribution in [0.2, 0.25) is 5.02 Å². The molecule has 0 aliphatic carbocycles. The minimum Gasteiger partial charge on any atom is -0.383 e. The number of benzene rings is 1. The number of halogens is 1. The SMILES string of the molecule is CCCN(CC)c1ccc(Cl)cc1CNCCOC. The summed E-state index contributed by atoms with van der Waals surface area (Å²) >= 11 is 6.11. The summed E-state index contributed by atoms with van der Waals surface area (Å²) in [5, 5.41) is 4.17. The molecule has 0 spiro atoms. The van der Waals surface area contributed by atoms with Crippen LogP contribution in [0.25, 0.3) is 0 Å². The number of nitrogens with zero attached hydrogens (tertiary/aromatic N) is 1. The van der Waals surface area contributed by atoms with Gasteiger partial charge in [0.1, 0.15) is 0 Å². The Kier molecular flexibility index (Phi) is 7.87. The highest BCUT2D eigenvalue weighted by atomic mass is 35.5. The summed E-state index contributed by atoms with van der Waals surface area (Å²) in [4.78, 5) is 2.39. The molecule has 1 aromatic rings. The summed E-state index contributed by atoms with van der Waals surface area (Å²) in [6.07, 6.45) is 1.15. The summed E-state index contributed by atoms with van der Waals surface area (Å²) in [5.74, 6) is 0. The molecule has 0 fully saturated rings. The van der Waals surface area contributed by atoms with Gasteiger partial charge in [0.15, 0.2) is 0 Å². The van der Waals surface area contributed by atoms with Gasteiger partial charge in [-0.05, 0) is 37.1 Å². The zero-order valence-electron chi connectivity index (χ0n) is 12.2. The van der Waals surface area contributed by atoms with Crippen LogP contribution in [-0.4, -0.2) is 33.4 Å². The molecule has 1 rings (SSSR count). The average Bonchev–Trinajstić information content (AvgIpc) is 2.42. The quantitative estimate of drug-likeness (QED) is 0.704. The van der Waals surface area contributed by atoms with Gasteiger partial charge in [-0.2, -0.15) is 0 Å². The lowest BCUT2D eigenvalue weighted by Crippen LogP contribution is -2.26. The van der Waals surface area contributed by atoms with Crippen LogP contribution in [0.4, 0.5) is 5.69 Å². The number of hydrogen-bond donors (Lipinski definition) is 1. The molecule has 1 N–H and O–H groups in total. The maximum atomic E-state index is 6.11. The third-order valence-electron chi connectivity index (χ3n) is 3.06. The van der Waals surface area contributed by atoms with E-state index in [9.17, 15) is 0 Å². The number of methoxy groups -OCH3 is 1. The van der Waals surface area contributed by atoms with E-state index in [1.54, 1.807) is 7.11 Å². The minimum absolute atomic E-state index is 0.725. The second-order valence-corrected chi connectivity index (χ2v) is 4.96. The number of ether oxygens (including phenoxy) is 1. The Labute approximate surface area is 121 Å². The lowest BCUT2D eigenvalue weighted by molar-refractivity contribution is 0.199. The molecule has 0 aromatic heterocycles. The molecule has 0 radical (unpaired) electrons. The molecule has 0 aliphatic heterocycles. The summed E-state index contributed by atoms with van der Waals surface area (Å²) in [7, 11) is 1.71. The van der Waals surface area contributed by atoms with Gasteiger partial charge in [0, 0.05) is 44.0 Å². The number of rotatable bonds is 9. The van der Waals surface area contributed by atoms with Gasteiger partial charge >= 0.3 is 0 Å². The summed E-state index contributed by atoms with van der Waals surface area (Å²) in [5.41, 5.74) is 2.53. The summed E-state index contributed by atoms with van der Waals surface area (Å²) in [6.45, 7) is 8.87. The zero-order chi connectivity index (χ0) is 14.1. The predicted octanol–water partition coefficient (Wildman–Crippen LogP) is 3.31. The third-order valence-corrected chi connectivity index (χ3v) is 3.29. The van der Waals surface area contributed by atoms with Gasteiger partial charge in [-0.3, -0.25) is 0 Å². The summed E-state index contributed by atoms with van der Waals surface area (Å²) < 4.78 is 5.04. The zero-order valence-corrected chi connectivity index (χ0v) is 13.0. The van der Waals surface area contributed by atoms with Crippen molar-refractivity contribution in [3.8, 4) is 0 Å². The van der Waals surface area contributed by atoms with Gasteiger partial charge in [0.2, 0.25) is 0 Å². The fraction of sp³-hybridized carbons (Fsp3) is 0.600. The molecule has 0 aliphatic rings. The highest BCUT2D eigenvalue weighted by Crippen LogP contribution is 2.24. The minimum atomic E-state index is 0.725. The van der Waals surface area contributed by atoms with Gasteiger partial charge in [-0.25, -0.2) is 0 Å². The van der Waals surface area contributed by atoms with Crippen molar-refractivity contribution in [3.63, 3.8) is 0 Å². The van der Waals surface area contributed by atoms with Crippen molar-refractivity contribution < 1.29 is 4.74 Å². The Hall–Kier alpha value is -0.770. The maximum Gasteiger partial charge on any atom is 0.0587 e. The van der Waals surface area contributed by atoms with E-state index < -0.39 is 0 Å². The van der Waals surface area contributed by atoms with E-state index in [1.165, 1.54) is 11.3 Å². The van der Waals surface area contributed by atoms with Crippen LogP contribution in [0.1, 0.15) is 25.8 Å². The second-order valence-electron chi connectivity index (χ2n) is 4.52. The highest BCUT2D eigenvalue weighted by Gasteiger charge is 2.09. The monoisotopic (exact) mass is 284 g/mol. The smallest absolute Gasteiger partial charge is 0.0587 e. The molecule has 0 heterocycles. The molecule has 1 aromatic carbocycles. The lowest BCUT2D eigenvalue weighted by atomic mass is 10.1. The van der Waals surface area contributed by atoms with Crippen LogP contribution in [0.3, 0.4) is 0 Å². The van der Waals surface area contributed by atoms with Crippen molar-refractivity contribution in [1.29, 1.82) is 0 Å². The lowest BCUT2D eigenvalue weighted by Gasteiger charge is -2.25. The van der Waals surface area contributed by atoms with Gasteiger partial charge < -0.3 is 15.0 Å². The van der Waals surface area contributed by atoms with Gasteiger partial charge in [0.25, 0.3) is 0 Å². The Morgan fingerprint density at radius 3 is 2.74 bits per heavy atom. The van der Waals surface area contributed by atoms with Crippen LogP contribution < -0.4 is 10.2 Å². The molecular formula is C15H25ClN2O. The van der Waals surface area contributed by atoms with E-state index in [4.69, 9.17) is 16.3 Å². The average molecular weight is 285 g/mol. The molecule has 0 amide bonds. The maximum absolute atomic E-state index is 6.11. The van der Waals surface area contributed by atoms with Crippen LogP contribution in [0.15, 0.2) is 18.2 Å². The topological polar surface area (TPSA) is 24.5 Å². The Morgan fingerprint density at radius 1 is 1.32 bits per heavy atom. The second kappa shape index (κ2) is 9.18. The van der Waals surface area contributed by atoms with E-state index in [-0.39, 0.29) is 0 Å². The first-order valence-corrected chi connectivity index (χ1v) is 7.33. The van der Waals surface area contributed by atoms with Crippen LogP contribution in [0.5, 0.6) is 0 Å². The first kappa shape index (κ1) is 16.3. The van der Waals surface area contributed by atoms with Crippen molar-refractivity contribution in [2.24, 2.45) is 0 Å². The van der Waals surface area contributed by atoms with Gasteiger partial charge in [0.05, 0.1) is 6.61 Å². The van der Waals surface area contributed by atoms with E-state index in [0.29, 0.717) is 0 Å². The molecule has 19 heavy (non-hydrogen) atoms. The number of nitrogens with one attached hydrogen (secondary N) is 1. The molecule has 0 atom stereocenters. The van der Waals surface area contributed by atoms with E-state index >= 15 is 0 Å². The molecule has 0 saturated carbocycles. The van der Waals surface area contributed by atoms with Crippen molar-refractivity contribution in [2.75, 3.05) is 38.3 Å². The fourth-order valence-electron chi connectivity index (χ4n) is 2.12. The Morgan fingerprint density at radius 2 is 2.11 bits per heavy atom. The van der Waals surface area contributed by atoms with Crippen LogP contribution >= 0.6 is 11.6 Å². The molecule has 0 bridgehead atoms. The number of hydrogen-bond acceptors (Lipinski definition) is 3. The van der Waals surface area contributed by atoms with Crippen molar-refractivity contribution in [1.82, 2.24) is 5.32 Å². The van der Waals surface area contributed by atoms with Gasteiger partial charge in [-0.1, -0.05) is 18.5 Å². The first-order chi connectivity index (χ1) is 9.22. The van der Waals surface area contributed by atoms with E-state index in [1.807, 2.05) is 6.07 Å². The molecular weight excluding hydrogens is 260 g/mol. The molecule has 3 nitrogen and oxygen atoms in total. The highest BCUT2D eigenvalue weighted by molar-refractivity contribution is 6.30. The first-order valence-electron chi connectivity index (χ1n) is 6.95. The van der Waals surface area contributed by atoms with Crippen LogP contribution in [0, 0.1) is 0 Å². The molecule has 0 unspecified atom stereocenters. The largest absolute Gasteiger partial charge is 0.383 e. The molecule has 4 heteroatoms. The fourth-order valence-corrected chi connectivity index (χ4v) is 2.31. The van der Waals surface area contributed by atoms with E-state index in [0.717, 1.165) is 44.2 Å². The van der Waals surface area contributed by atoms with Gasteiger partial charge in [-0.15, -0.1) is 0 Å². The van der Waals surface area contributed by atoms with Crippen molar-refractivity contribution in [2.45, 2.75) is 26.8 Å². The van der Waals surface area contributed by atoms with Crippen molar-refractivity contribution in [3.05, 3.63) is 28.8 Å². The van der Waals surface area contributed by atoms with Crippen molar-refractivity contribution >= 4 is 17.3 Å². The summed E-state index contributed by atoms with van der Waals surface area (Å²) in [6, 6.07) is 6.14.